The van der Waals surface area contributed by atoms with E-state index in [0.29, 0.717) is 36.3 Å². The van der Waals surface area contributed by atoms with Gasteiger partial charge in [-0.15, -0.1) is 0 Å². The van der Waals surface area contributed by atoms with Crippen LogP contribution in [0.2, 0.25) is 0 Å². The number of primary amides is 4. The van der Waals surface area contributed by atoms with Gasteiger partial charge in [0.25, 0.3) is 0 Å². The van der Waals surface area contributed by atoms with Gasteiger partial charge >= 0.3 is 6.03 Å². The Morgan fingerprint density at radius 1 is 0.493 bits per heavy atom. The van der Waals surface area contributed by atoms with Gasteiger partial charge in [-0.3, -0.25) is 9.59 Å². The molecule has 0 bridgehead atoms. The van der Waals surface area contributed by atoms with Gasteiger partial charge in [0.1, 0.15) is 34.9 Å². The van der Waals surface area contributed by atoms with E-state index in [1.807, 2.05) is 12.1 Å². The first-order valence-corrected chi connectivity index (χ1v) is 27.8. The molecule has 9 nitrogen and oxygen atoms in total. The lowest BCUT2D eigenvalue weighted by molar-refractivity contribution is -0.119. The minimum absolute atomic E-state index is 0.0504. The van der Waals surface area contributed by atoms with Crippen LogP contribution in [0.5, 0.6) is 0 Å². The number of halogens is 6. The Balaban J connectivity index is 0.000000177. The zero-order valence-electron chi connectivity index (χ0n) is 41.4. The van der Waals surface area contributed by atoms with Crippen LogP contribution in [0.1, 0.15) is 129 Å². The van der Waals surface area contributed by atoms with E-state index in [-0.39, 0.29) is 63.6 Å². The van der Waals surface area contributed by atoms with Crippen molar-refractivity contribution in [2.45, 2.75) is 144 Å². The summed E-state index contributed by atoms with van der Waals surface area (Å²) in [5.74, 6) is -2.71. The summed E-state index contributed by atoms with van der Waals surface area (Å²) in [6.45, 7) is 2.12. The molecule has 9 rings (SSSR count). The van der Waals surface area contributed by atoms with Crippen LogP contribution in [0.4, 0.5) is 31.1 Å². The van der Waals surface area contributed by atoms with E-state index in [1.54, 1.807) is 24.3 Å². The van der Waals surface area contributed by atoms with Gasteiger partial charge < -0.3 is 22.9 Å². The summed E-state index contributed by atoms with van der Waals surface area (Å²) in [6, 6.07) is 26.2. The molecule has 3 atom stereocenters. The van der Waals surface area contributed by atoms with Crippen molar-refractivity contribution in [1.82, 2.24) is 0 Å². The topological polar surface area (TPSA) is 189 Å². The summed E-state index contributed by atoms with van der Waals surface area (Å²) in [5.41, 5.74) is 23.8. The van der Waals surface area contributed by atoms with Crippen LogP contribution in [-0.4, -0.2) is 26.3 Å². The molecule has 0 spiro atoms. The maximum atomic E-state index is 14.8. The van der Waals surface area contributed by atoms with Crippen molar-refractivity contribution in [3.63, 3.8) is 0 Å². The van der Waals surface area contributed by atoms with Crippen molar-refractivity contribution >= 4 is 51.2 Å². The third kappa shape index (κ3) is 16.4. The number of carbonyl (C=O) groups excluding carboxylic acids is 3. The summed E-state index contributed by atoms with van der Waals surface area (Å²) in [7, 11) is -4.01. The number of benzene rings is 6. The zero-order chi connectivity index (χ0) is 54.4. The third-order valence-electron chi connectivity index (χ3n) is 13.2. The lowest BCUT2D eigenvalue weighted by atomic mass is 9.80. The summed E-state index contributed by atoms with van der Waals surface area (Å²) < 4.78 is 109. The van der Waals surface area contributed by atoms with Crippen LogP contribution in [0.15, 0.2) is 139 Å². The van der Waals surface area contributed by atoms with E-state index in [1.165, 1.54) is 72.1 Å². The van der Waals surface area contributed by atoms with Gasteiger partial charge in [0.15, 0.2) is 0 Å². The maximum absolute atomic E-state index is 14.8. The summed E-state index contributed by atoms with van der Waals surface area (Å²) in [5, 5.41) is 0. The number of nitrogens with two attached hydrogens (primary N) is 4. The highest BCUT2D eigenvalue weighted by atomic mass is 32.2. The van der Waals surface area contributed by atoms with Gasteiger partial charge in [0.05, 0.1) is 9.79 Å². The minimum atomic E-state index is -4.01. The Kier molecular flexibility index (Phi) is 20.9. The maximum Gasteiger partial charge on any atom is 0.309 e. The van der Waals surface area contributed by atoms with Crippen molar-refractivity contribution in [2.24, 2.45) is 22.9 Å². The van der Waals surface area contributed by atoms with E-state index < -0.39 is 33.4 Å². The van der Waals surface area contributed by atoms with Gasteiger partial charge in [-0.05, 0) is 219 Å². The number of urea groups is 1. The molecular formula is C57H60F6N4O5S3. The highest BCUT2D eigenvalue weighted by molar-refractivity contribution is 7.99. The predicted molar refractivity (Wildman–Crippen MR) is 280 cm³/mol. The first-order valence-electron chi connectivity index (χ1n) is 24.7. The van der Waals surface area contributed by atoms with Gasteiger partial charge in [0.2, 0.25) is 21.7 Å². The molecule has 0 unspecified atom stereocenters. The number of rotatable bonds is 13. The molecule has 18 heteroatoms. The van der Waals surface area contributed by atoms with Gasteiger partial charge in [0, 0.05) is 32.4 Å². The van der Waals surface area contributed by atoms with Gasteiger partial charge in [-0.2, -0.15) is 0 Å². The second-order valence-corrected chi connectivity index (χ2v) is 22.8. The number of fused-ring (bicyclic) bond motifs is 3. The van der Waals surface area contributed by atoms with E-state index in [9.17, 15) is 44.3 Å². The monoisotopic (exact) mass is 1090 g/mol. The van der Waals surface area contributed by atoms with E-state index >= 15 is 0 Å². The van der Waals surface area contributed by atoms with Crippen molar-refractivity contribution in [3.05, 3.63) is 177 Å². The zero-order valence-corrected chi connectivity index (χ0v) is 43.8. The molecule has 0 fully saturated rings. The second kappa shape index (κ2) is 27.0. The number of hydrogen-bond acceptors (Lipinski definition) is 7. The fraction of sp³-hybridized carbons (Fsp3) is 0.316. The van der Waals surface area contributed by atoms with Crippen LogP contribution in [0.3, 0.4) is 0 Å². The van der Waals surface area contributed by atoms with Crippen LogP contribution in [-0.2, 0) is 38.7 Å². The predicted octanol–water partition coefficient (Wildman–Crippen LogP) is 13.3. The molecule has 0 heterocycles. The number of sulfone groups is 1. The molecular weight excluding hydrogens is 1030 g/mol. The lowest BCUT2D eigenvalue weighted by Gasteiger charge is -2.26. The smallest absolute Gasteiger partial charge is 0.309 e. The van der Waals surface area contributed by atoms with E-state index in [4.69, 9.17) is 16.3 Å². The molecule has 8 N–H and O–H groups in total. The lowest BCUT2D eigenvalue weighted by Crippen LogP contribution is -2.18. The van der Waals surface area contributed by atoms with E-state index in [2.05, 4.69) is 24.5 Å². The molecule has 6 aromatic rings. The number of hydrogen-bond donors (Lipinski definition) is 4. The Hall–Kier alpha value is -6.24. The Morgan fingerprint density at radius 2 is 0.880 bits per heavy atom. The molecule has 0 saturated carbocycles. The summed E-state index contributed by atoms with van der Waals surface area (Å²) in [4.78, 5) is 33.8. The second-order valence-electron chi connectivity index (χ2n) is 18.6. The first kappa shape index (κ1) is 58.0. The van der Waals surface area contributed by atoms with Gasteiger partial charge in [-0.25, -0.2) is 39.6 Å². The first-order chi connectivity index (χ1) is 35.7. The van der Waals surface area contributed by atoms with Crippen molar-refractivity contribution in [2.75, 3.05) is 0 Å². The molecule has 6 aromatic carbocycles. The highest BCUT2D eigenvalue weighted by Crippen LogP contribution is 2.42. The van der Waals surface area contributed by atoms with Crippen LogP contribution in [0.25, 0.3) is 0 Å². The fourth-order valence-corrected chi connectivity index (χ4v) is 13.2. The number of aryl methyl sites for hydroxylation is 3. The molecule has 0 aliphatic heterocycles. The largest absolute Gasteiger partial charge is 0.370 e. The van der Waals surface area contributed by atoms with Crippen molar-refractivity contribution in [1.29, 1.82) is 0 Å². The quantitative estimate of drug-likeness (QED) is 0.0828. The fourth-order valence-electron chi connectivity index (χ4n) is 9.98. The van der Waals surface area contributed by atoms with Crippen molar-refractivity contribution in [3.8, 4) is 0 Å². The van der Waals surface area contributed by atoms with E-state index in [0.717, 1.165) is 118 Å². The van der Waals surface area contributed by atoms with Crippen LogP contribution < -0.4 is 22.9 Å². The minimum Gasteiger partial charge on any atom is -0.370 e. The van der Waals surface area contributed by atoms with Crippen molar-refractivity contribution < 1.29 is 49.1 Å². The molecule has 398 valence electrons. The average Bonchev–Trinajstić information content (AvgIpc) is 3.35. The Labute approximate surface area is 442 Å². The van der Waals surface area contributed by atoms with Crippen LogP contribution in [0, 0.1) is 34.9 Å². The molecule has 0 saturated heterocycles. The third-order valence-corrected chi connectivity index (χ3v) is 16.9. The molecule has 4 amide bonds. The summed E-state index contributed by atoms with van der Waals surface area (Å²) in [6.07, 6.45) is 10.4. The van der Waals surface area contributed by atoms with Gasteiger partial charge in [-0.1, -0.05) is 48.6 Å². The molecule has 0 aromatic heterocycles. The standard InChI is InChI=1S/C19H19F2NO3S.C19H19F2NOS.C18H18F2S.CH4N2O/c20-14-5-2-6-15(10-14)26(24,25)16-9-13-4-1-3-12(7-8-18(22)23)19(13)17(21)11-16;20-14-5-2-6-15(10-14)24-16-9-13-4-1-3-12(7-8-18(22)23)19(13)17(21)11-16;1-2-12-5-3-6-13-9-16(11-17(20)18(12)13)21-15-8-4-7-14(19)10-15;2-1(3)4/h2,5-6,9-12H,1,3-4,7-8H2,(H2,22,23);2,5-6,9-12H,1,3-4,7-8H2,(H2,22,23);4,7-12H,2-3,5-6H2,1H3;(H4,2,3,4)/t3*12-;/m001./s1. The molecule has 0 radical (unpaired) electrons. The Bertz CT molecular complexity index is 3120. The summed E-state index contributed by atoms with van der Waals surface area (Å²) >= 11 is 2.77. The molecule has 3 aliphatic carbocycles. The highest BCUT2D eigenvalue weighted by Gasteiger charge is 2.29. The SMILES string of the molecule is CC[C@@H]1CCCc2cc(Sc3cccc(F)c3)cc(F)c21.NC(=O)CC[C@@H]1CCCc2cc(S(=O)(=O)c3cccc(F)c3)cc(F)c21.NC(=O)CC[C@@H]1CCCc2cc(Sc3cccc(F)c3)cc(F)c21.NC(N)=O. The average molecular weight is 1090 g/mol. The molecule has 3 aliphatic rings. The van der Waals surface area contributed by atoms with Crippen LogP contribution >= 0.6 is 23.5 Å². The normalized spacial score (nSPS) is 16.4. The number of amides is 4. The molecule has 75 heavy (non-hydrogen) atoms. The Morgan fingerprint density at radius 3 is 1.29 bits per heavy atom. The number of carbonyl (C=O) groups is 3.